The van der Waals surface area contributed by atoms with E-state index in [-0.39, 0.29) is 23.6 Å². The Labute approximate surface area is 212 Å². The van der Waals surface area contributed by atoms with Crippen LogP contribution in [0.3, 0.4) is 0 Å². The predicted molar refractivity (Wildman–Crippen MR) is 135 cm³/mol. The molecule has 2 aromatic heterocycles. The van der Waals surface area contributed by atoms with Crippen molar-refractivity contribution in [2.75, 3.05) is 7.11 Å². The van der Waals surface area contributed by atoms with Gasteiger partial charge in [-0.1, -0.05) is 13.8 Å². The van der Waals surface area contributed by atoms with Crippen molar-refractivity contribution in [1.82, 2.24) is 14.8 Å². The molecule has 192 valence electrons. The van der Waals surface area contributed by atoms with E-state index in [0.717, 1.165) is 0 Å². The number of nitrogens with one attached hydrogen (secondary N) is 1. The number of nitriles is 1. The Hall–Kier alpha value is -3.93. The molecule has 0 radical (unpaired) electrons. The van der Waals surface area contributed by atoms with Crippen LogP contribution < -0.4 is 4.74 Å². The van der Waals surface area contributed by atoms with Crippen molar-refractivity contribution >= 4 is 27.8 Å². The zero-order chi connectivity index (χ0) is 26.7. The highest BCUT2D eigenvalue weighted by Crippen LogP contribution is 2.53. The summed E-state index contributed by atoms with van der Waals surface area (Å²) in [6.07, 6.45) is 3.03. The minimum absolute atomic E-state index is 0.0362. The van der Waals surface area contributed by atoms with Crippen molar-refractivity contribution in [2.24, 2.45) is 5.41 Å². The summed E-state index contributed by atoms with van der Waals surface area (Å²) in [4.78, 5) is 12.1. The lowest BCUT2D eigenvalue weighted by molar-refractivity contribution is -0.147. The number of aliphatic carboxylic acids is 1. The van der Waals surface area contributed by atoms with Crippen molar-refractivity contribution in [1.29, 1.82) is 5.26 Å². The van der Waals surface area contributed by atoms with Crippen LogP contribution in [0.2, 0.25) is 0 Å². The smallest absolute Gasteiger partial charge is 0.309 e. The van der Waals surface area contributed by atoms with Crippen LogP contribution in [0, 0.1) is 28.4 Å². The maximum atomic E-state index is 16.3. The largest absolute Gasteiger partial charge is 0.494 e. The Kier molecular flexibility index (Phi) is 5.74. The van der Waals surface area contributed by atoms with Crippen molar-refractivity contribution in [3.05, 3.63) is 53.4 Å². The van der Waals surface area contributed by atoms with Crippen LogP contribution in [0.4, 0.5) is 8.78 Å². The number of aromatic nitrogens is 3. The molecular weight excluding hydrogens is 478 g/mol. The average Bonchev–Trinajstić information content (AvgIpc) is 3.56. The first-order chi connectivity index (χ1) is 17.5. The van der Waals surface area contributed by atoms with Crippen LogP contribution in [-0.2, 0) is 10.2 Å². The van der Waals surface area contributed by atoms with Gasteiger partial charge in [0.15, 0.2) is 17.4 Å². The predicted octanol–water partition coefficient (Wildman–Crippen LogP) is 6.34. The van der Waals surface area contributed by atoms with Crippen LogP contribution in [0.25, 0.3) is 27.5 Å². The number of nitrogens with zero attached hydrogens (tertiary/aromatic N) is 3. The molecule has 2 atom stereocenters. The number of H-pyrrole nitrogens is 1. The molecule has 2 aromatic carbocycles. The van der Waals surface area contributed by atoms with Crippen molar-refractivity contribution in [2.45, 2.75) is 57.8 Å². The van der Waals surface area contributed by atoms with Crippen molar-refractivity contribution in [3.8, 4) is 17.5 Å². The second kappa shape index (κ2) is 8.58. The van der Waals surface area contributed by atoms with Gasteiger partial charge >= 0.3 is 5.97 Å². The summed E-state index contributed by atoms with van der Waals surface area (Å²) in [5, 5.41) is 27.3. The molecule has 9 heteroatoms. The Morgan fingerprint density at radius 1 is 1.38 bits per heavy atom. The average molecular weight is 507 g/mol. The van der Waals surface area contributed by atoms with E-state index in [2.05, 4.69) is 16.3 Å². The number of rotatable bonds is 6. The van der Waals surface area contributed by atoms with E-state index in [1.165, 1.54) is 19.4 Å². The van der Waals surface area contributed by atoms with Gasteiger partial charge in [0, 0.05) is 40.1 Å². The van der Waals surface area contributed by atoms with Crippen LogP contribution in [0.1, 0.15) is 63.6 Å². The van der Waals surface area contributed by atoms with Gasteiger partial charge in [-0.15, -0.1) is 0 Å². The number of benzene rings is 2. The third-order valence-corrected chi connectivity index (χ3v) is 7.87. The number of hydrogen-bond acceptors (Lipinski definition) is 4. The summed E-state index contributed by atoms with van der Waals surface area (Å²) < 4.78 is 37.8. The summed E-state index contributed by atoms with van der Waals surface area (Å²) >= 11 is 0. The fourth-order valence-electron chi connectivity index (χ4n) is 5.91. The van der Waals surface area contributed by atoms with E-state index in [1.807, 2.05) is 24.5 Å². The van der Waals surface area contributed by atoms with Gasteiger partial charge in [0.1, 0.15) is 5.52 Å². The number of ether oxygens (including phenoxy) is 1. The van der Waals surface area contributed by atoms with E-state index in [4.69, 9.17) is 4.74 Å². The number of hydrogen-bond donors (Lipinski definition) is 2. The lowest BCUT2D eigenvalue weighted by Gasteiger charge is -2.28. The Morgan fingerprint density at radius 2 is 2.14 bits per heavy atom. The number of carboxylic acid groups (broad SMARTS) is 1. The Balaban J connectivity index is 1.94. The fourth-order valence-corrected chi connectivity index (χ4v) is 5.91. The minimum atomic E-state index is -0.941. The normalized spacial score (nSPS) is 20.0. The van der Waals surface area contributed by atoms with Gasteiger partial charge in [-0.05, 0) is 55.9 Å². The van der Waals surface area contributed by atoms with E-state index in [9.17, 15) is 19.6 Å². The number of carbonyl (C=O) groups is 1. The Morgan fingerprint density at radius 3 is 2.78 bits per heavy atom. The molecule has 2 N–H and O–H groups in total. The van der Waals surface area contributed by atoms with Gasteiger partial charge in [-0.2, -0.15) is 10.4 Å². The molecule has 0 saturated heterocycles. The highest BCUT2D eigenvalue weighted by Gasteiger charge is 2.45. The van der Waals surface area contributed by atoms with Gasteiger partial charge in [-0.3, -0.25) is 9.89 Å². The molecule has 5 rings (SSSR count). The first kappa shape index (κ1) is 24.8. The summed E-state index contributed by atoms with van der Waals surface area (Å²) in [6.45, 7) is 5.56. The Bertz CT molecular complexity index is 1600. The standard InChI is InChI=1S/C28H28F2N4O3/c1-27(2,9-10-31)25-21(15-7-8-28(3,13-15)26(35)36)22-19(11-16-14-32-33-24(16)23(22)30)34(25)17-5-6-18(29)20(12-17)37-4/h5-6,11-12,14-15H,7-9,13H2,1-4H3,(H,32,33)(H,35,36)/t15?,28-/m1/s1. The van der Waals surface area contributed by atoms with Gasteiger partial charge in [0.2, 0.25) is 0 Å². The molecule has 1 unspecified atom stereocenters. The van der Waals surface area contributed by atoms with Crippen LogP contribution in [0.5, 0.6) is 5.75 Å². The second-order valence-electron chi connectivity index (χ2n) is 10.9. The summed E-state index contributed by atoms with van der Waals surface area (Å²) in [6, 6.07) is 8.53. The molecule has 0 bridgehead atoms. The molecule has 1 fully saturated rings. The first-order valence-corrected chi connectivity index (χ1v) is 12.2. The van der Waals surface area contributed by atoms with Crippen LogP contribution >= 0.6 is 0 Å². The van der Waals surface area contributed by atoms with E-state index < -0.39 is 28.4 Å². The number of fused-ring (bicyclic) bond motifs is 2. The van der Waals surface area contributed by atoms with E-state index >= 15 is 4.39 Å². The molecular formula is C28H28F2N4O3. The van der Waals surface area contributed by atoms with Gasteiger partial charge < -0.3 is 14.4 Å². The van der Waals surface area contributed by atoms with Gasteiger partial charge in [0.25, 0.3) is 0 Å². The third kappa shape index (κ3) is 3.74. The molecule has 2 heterocycles. The highest BCUT2D eigenvalue weighted by molar-refractivity contribution is 6.00. The molecule has 0 spiro atoms. The zero-order valence-corrected chi connectivity index (χ0v) is 21.2. The fraction of sp³-hybridized carbons (Fsp3) is 0.393. The monoisotopic (exact) mass is 506 g/mol. The number of aromatic amines is 1. The van der Waals surface area contributed by atoms with Gasteiger partial charge in [0.05, 0.1) is 30.3 Å². The number of methoxy groups -OCH3 is 1. The molecule has 0 amide bonds. The summed E-state index contributed by atoms with van der Waals surface area (Å²) in [5.41, 5.74) is 1.06. The molecule has 1 aliphatic carbocycles. The first-order valence-electron chi connectivity index (χ1n) is 12.2. The van der Waals surface area contributed by atoms with Crippen molar-refractivity contribution < 1.29 is 23.4 Å². The van der Waals surface area contributed by atoms with Crippen molar-refractivity contribution in [3.63, 3.8) is 0 Å². The van der Waals surface area contributed by atoms with Gasteiger partial charge in [-0.25, -0.2) is 8.78 Å². The lowest BCUT2D eigenvalue weighted by atomic mass is 9.78. The highest BCUT2D eigenvalue weighted by atomic mass is 19.1. The number of halogens is 2. The molecule has 4 aromatic rings. The maximum absolute atomic E-state index is 16.3. The minimum Gasteiger partial charge on any atom is -0.494 e. The topological polar surface area (TPSA) is 104 Å². The number of carboxylic acids is 1. The molecule has 37 heavy (non-hydrogen) atoms. The molecule has 0 aliphatic heterocycles. The maximum Gasteiger partial charge on any atom is 0.309 e. The van der Waals surface area contributed by atoms with E-state index in [0.29, 0.717) is 52.5 Å². The SMILES string of the molecule is COc1cc(-n2c(C(C)(C)CC#N)c(C3CC[C@@](C)(C(=O)O)C3)c3c(F)c4[nH]ncc4cc32)ccc1F. The zero-order valence-electron chi connectivity index (χ0n) is 21.2. The summed E-state index contributed by atoms with van der Waals surface area (Å²) in [5.74, 6) is -2.11. The van der Waals surface area contributed by atoms with Crippen LogP contribution in [0.15, 0.2) is 30.5 Å². The molecule has 7 nitrogen and oxygen atoms in total. The van der Waals surface area contributed by atoms with Crippen LogP contribution in [-0.4, -0.2) is 33.0 Å². The second-order valence-corrected chi connectivity index (χ2v) is 10.9. The van der Waals surface area contributed by atoms with E-state index in [1.54, 1.807) is 19.1 Å². The molecule has 1 aliphatic rings. The molecule has 1 saturated carbocycles. The lowest BCUT2D eigenvalue weighted by Crippen LogP contribution is -2.25. The third-order valence-electron chi connectivity index (χ3n) is 7.87. The summed E-state index contributed by atoms with van der Waals surface area (Å²) in [7, 11) is 1.38. The quantitative estimate of drug-likeness (QED) is 0.317.